The molecule has 2 N–H and O–H groups in total. The van der Waals surface area contributed by atoms with Gasteiger partial charge in [-0.05, 0) is 30.0 Å². The molecule has 22 heavy (non-hydrogen) atoms. The summed E-state index contributed by atoms with van der Waals surface area (Å²) in [6, 6.07) is 5.54. The molecule has 6 heteroatoms. The average molecular weight is 309 g/mol. The zero-order valence-corrected chi connectivity index (χ0v) is 13.2. The predicted octanol–water partition coefficient (Wildman–Crippen LogP) is 1.86. The van der Waals surface area contributed by atoms with Crippen molar-refractivity contribution in [1.29, 1.82) is 0 Å². The van der Waals surface area contributed by atoms with Crippen LogP contribution in [-0.4, -0.2) is 37.7 Å². The number of benzene rings is 1. The maximum atomic E-state index is 11.8. The summed E-state index contributed by atoms with van der Waals surface area (Å²) in [5.74, 6) is 0.260. The van der Waals surface area contributed by atoms with Gasteiger partial charge in [0.1, 0.15) is 0 Å². The first-order valence-corrected chi connectivity index (χ1v) is 7.15. The molecular weight excluding hydrogens is 286 g/mol. The highest BCUT2D eigenvalue weighted by molar-refractivity contribution is 5.76. The molecule has 0 heterocycles. The summed E-state index contributed by atoms with van der Waals surface area (Å²) in [6.45, 7) is 2.17. The molecule has 0 bridgehead atoms. The van der Waals surface area contributed by atoms with Crippen LogP contribution in [0, 0.1) is 5.92 Å². The molecule has 1 atom stereocenters. The standard InChI is InChI=1S/C16H23NO5/c1-11(8-16(19)20)10-17-15(18)7-5-12-4-6-13(21-2)14(9-12)22-3/h4,6,9,11H,5,7-8,10H2,1-3H3,(H,17,18)(H,19,20). The van der Waals surface area contributed by atoms with Gasteiger partial charge in [-0.3, -0.25) is 9.59 Å². The fourth-order valence-corrected chi connectivity index (χ4v) is 2.04. The molecule has 1 aromatic rings. The smallest absolute Gasteiger partial charge is 0.303 e. The molecule has 1 unspecified atom stereocenters. The maximum Gasteiger partial charge on any atom is 0.303 e. The molecule has 0 aromatic heterocycles. The van der Waals surface area contributed by atoms with Crippen LogP contribution in [0.1, 0.15) is 25.3 Å². The number of hydrogen-bond donors (Lipinski definition) is 2. The van der Waals surface area contributed by atoms with Crippen LogP contribution in [0.25, 0.3) is 0 Å². The van der Waals surface area contributed by atoms with Crippen molar-refractivity contribution in [3.63, 3.8) is 0 Å². The molecule has 0 fully saturated rings. The Hall–Kier alpha value is -2.24. The van der Waals surface area contributed by atoms with Gasteiger partial charge < -0.3 is 19.9 Å². The number of carboxylic acid groups (broad SMARTS) is 1. The summed E-state index contributed by atoms with van der Waals surface area (Å²) in [5, 5.41) is 11.4. The number of carbonyl (C=O) groups excluding carboxylic acids is 1. The Bertz CT molecular complexity index is 515. The van der Waals surface area contributed by atoms with Gasteiger partial charge in [0.05, 0.1) is 14.2 Å². The van der Waals surface area contributed by atoms with Gasteiger partial charge in [0.15, 0.2) is 11.5 Å². The summed E-state index contributed by atoms with van der Waals surface area (Å²) < 4.78 is 10.4. The number of aryl methyl sites for hydroxylation is 1. The summed E-state index contributed by atoms with van der Waals surface area (Å²) >= 11 is 0. The van der Waals surface area contributed by atoms with Crippen molar-refractivity contribution in [2.45, 2.75) is 26.2 Å². The third kappa shape index (κ3) is 6.03. The topological polar surface area (TPSA) is 84.9 Å². The average Bonchev–Trinajstić information content (AvgIpc) is 2.49. The minimum Gasteiger partial charge on any atom is -0.493 e. The number of ether oxygens (including phenoxy) is 2. The van der Waals surface area contributed by atoms with E-state index in [0.717, 1.165) is 5.56 Å². The number of nitrogens with one attached hydrogen (secondary N) is 1. The second kappa shape index (κ2) is 8.92. The second-order valence-electron chi connectivity index (χ2n) is 5.20. The molecule has 1 aromatic carbocycles. The zero-order chi connectivity index (χ0) is 16.5. The van der Waals surface area contributed by atoms with E-state index in [2.05, 4.69) is 5.32 Å². The third-order valence-corrected chi connectivity index (χ3v) is 3.26. The summed E-state index contributed by atoms with van der Waals surface area (Å²) in [6.07, 6.45) is 0.977. The van der Waals surface area contributed by atoms with Gasteiger partial charge in [0, 0.05) is 19.4 Å². The van der Waals surface area contributed by atoms with Crippen molar-refractivity contribution in [2.24, 2.45) is 5.92 Å². The molecule has 0 aliphatic rings. The van der Waals surface area contributed by atoms with E-state index in [-0.39, 0.29) is 18.2 Å². The van der Waals surface area contributed by atoms with Gasteiger partial charge >= 0.3 is 5.97 Å². The lowest BCUT2D eigenvalue weighted by molar-refractivity contribution is -0.138. The number of carbonyl (C=O) groups is 2. The van der Waals surface area contributed by atoms with Crippen LogP contribution < -0.4 is 14.8 Å². The Morgan fingerprint density at radius 3 is 2.50 bits per heavy atom. The Labute approximate surface area is 130 Å². The van der Waals surface area contributed by atoms with Crippen molar-refractivity contribution in [3.05, 3.63) is 23.8 Å². The molecule has 1 rings (SSSR count). The Morgan fingerprint density at radius 2 is 1.91 bits per heavy atom. The van der Waals surface area contributed by atoms with Crippen LogP contribution >= 0.6 is 0 Å². The van der Waals surface area contributed by atoms with Gasteiger partial charge in [0.25, 0.3) is 0 Å². The Morgan fingerprint density at radius 1 is 1.23 bits per heavy atom. The van der Waals surface area contributed by atoms with Crippen molar-refractivity contribution >= 4 is 11.9 Å². The number of hydrogen-bond acceptors (Lipinski definition) is 4. The fraction of sp³-hybridized carbons (Fsp3) is 0.500. The summed E-state index contributed by atoms with van der Waals surface area (Å²) in [7, 11) is 3.14. The predicted molar refractivity (Wildman–Crippen MR) is 82.3 cm³/mol. The molecule has 0 saturated carbocycles. The van der Waals surface area contributed by atoms with E-state index in [4.69, 9.17) is 14.6 Å². The molecule has 6 nitrogen and oxygen atoms in total. The lowest BCUT2D eigenvalue weighted by Gasteiger charge is -2.11. The van der Waals surface area contributed by atoms with Gasteiger partial charge in [-0.25, -0.2) is 0 Å². The first-order valence-electron chi connectivity index (χ1n) is 7.15. The van der Waals surface area contributed by atoms with Gasteiger partial charge in [-0.2, -0.15) is 0 Å². The molecule has 0 saturated heterocycles. The lowest BCUT2D eigenvalue weighted by Crippen LogP contribution is -2.29. The summed E-state index contributed by atoms with van der Waals surface area (Å²) in [5.41, 5.74) is 0.978. The van der Waals surface area contributed by atoms with E-state index < -0.39 is 5.97 Å². The molecule has 122 valence electrons. The maximum absolute atomic E-state index is 11.8. The SMILES string of the molecule is COc1ccc(CCC(=O)NCC(C)CC(=O)O)cc1OC. The highest BCUT2D eigenvalue weighted by Crippen LogP contribution is 2.27. The van der Waals surface area contributed by atoms with E-state index >= 15 is 0 Å². The van der Waals surface area contributed by atoms with Crippen LogP contribution in [0.4, 0.5) is 0 Å². The van der Waals surface area contributed by atoms with Crippen molar-refractivity contribution < 1.29 is 24.2 Å². The minimum atomic E-state index is -0.855. The van der Waals surface area contributed by atoms with Gasteiger partial charge in [-0.15, -0.1) is 0 Å². The van der Waals surface area contributed by atoms with E-state index in [9.17, 15) is 9.59 Å². The third-order valence-electron chi connectivity index (χ3n) is 3.26. The number of carboxylic acids is 1. The first kappa shape index (κ1) is 17.8. The van der Waals surface area contributed by atoms with Crippen LogP contribution in [0.2, 0.25) is 0 Å². The Balaban J connectivity index is 2.42. The van der Waals surface area contributed by atoms with Crippen LogP contribution in [0.15, 0.2) is 18.2 Å². The highest BCUT2D eigenvalue weighted by Gasteiger charge is 2.10. The molecular formula is C16H23NO5. The van der Waals surface area contributed by atoms with Crippen molar-refractivity contribution in [2.75, 3.05) is 20.8 Å². The lowest BCUT2D eigenvalue weighted by atomic mass is 10.1. The minimum absolute atomic E-state index is 0.0515. The number of amides is 1. The van der Waals surface area contributed by atoms with E-state index in [1.165, 1.54) is 0 Å². The van der Waals surface area contributed by atoms with Gasteiger partial charge in [-0.1, -0.05) is 13.0 Å². The summed E-state index contributed by atoms with van der Waals surface area (Å²) in [4.78, 5) is 22.3. The molecule has 0 aliphatic carbocycles. The Kier molecular flexibility index (Phi) is 7.22. The quantitative estimate of drug-likeness (QED) is 0.727. The van der Waals surface area contributed by atoms with Crippen molar-refractivity contribution in [3.8, 4) is 11.5 Å². The van der Waals surface area contributed by atoms with Crippen LogP contribution in [-0.2, 0) is 16.0 Å². The number of aliphatic carboxylic acids is 1. The number of rotatable bonds is 9. The molecule has 0 radical (unpaired) electrons. The van der Waals surface area contributed by atoms with Gasteiger partial charge in [0.2, 0.25) is 5.91 Å². The van der Waals surface area contributed by atoms with E-state index in [0.29, 0.717) is 30.9 Å². The fourth-order valence-electron chi connectivity index (χ4n) is 2.04. The van der Waals surface area contributed by atoms with Crippen molar-refractivity contribution in [1.82, 2.24) is 5.32 Å². The molecule has 0 spiro atoms. The first-order chi connectivity index (χ1) is 10.5. The van der Waals surface area contributed by atoms with Crippen LogP contribution in [0.5, 0.6) is 11.5 Å². The van der Waals surface area contributed by atoms with E-state index in [1.807, 2.05) is 12.1 Å². The normalized spacial score (nSPS) is 11.6. The zero-order valence-electron chi connectivity index (χ0n) is 13.2. The van der Waals surface area contributed by atoms with E-state index in [1.54, 1.807) is 27.2 Å². The molecule has 0 aliphatic heterocycles. The highest BCUT2D eigenvalue weighted by atomic mass is 16.5. The monoisotopic (exact) mass is 309 g/mol. The largest absolute Gasteiger partial charge is 0.493 e. The van der Waals surface area contributed by atoms with Crippen LogP contribution in [0.3, 0.4) is 0 Å². The second-order valence-corrected chi connectivity index (χ2v) is 5.20. The number of methoxy groups -OCH3 is 2. The molecule has 1 amide bonds.